The van der Waals surface area contributed by atoms with Gasteiger partial charge in [-0.3, -0.25) is 4.79 Å². The number of hydrogen-bond acceptors (Lipinski definition) is 4. The fraction of sp³-hybridized carbons (Fsp3) is 0.250. The summed E-state index contributed by atoms with van der Waals surface area (Å²) in [6.07, 6.45) is 0.746. The van der Waals surface area contributed by atoms with Crippen molar-refractivity contribution in [1.82, 2.24) is 4.90 Å². The molecule has 1 aromatic heterocycles. The first-order valence-electron chi connectivity index (χ1n) is 8.16. The summed E-state index contributed by atoms with van der Waals surface area (Å²) in [6, 6.07) is 12.4. The summed E-state index contributed by atoms with van der Waals surface area (Å²) in [7, 11) is 3.23. The largest absolute Gasteiger partial charge is 0.507 e. The van der Waals surface area contributed by atoms with Gasteiger partial charge in [0, 0.05) is 31.0 Å². The molecule has 5 heteroatoms. The summed E-state index contributed by atoms with van der Waals surface area (Å²) in [5.74, 6) is 1.06. The van der Waals surface area contributed by atoms with Crippen LogP contribution in [0.1, 0.15) is 28.6 Å². The zero-order chi connectivity index (χ0) is 18.0. The lowest BCUT2D eigenvalue weighted by Gasteiger charge is -2.18. The third-order valence-corrected chi connectivity index (χ3v) is 4.28. The quantitative estimate of drug-likeness (QED) is 0.764. The molecule has 5 nitrogen and oxygen atoms in total. The van der Waals surface area contributed by atoms with E-state index < -0.39 is 0 Å². The zero-order valence-corrected chi connectivity index (χ0v) is 14.6. The average molecular weight is 339 g/mol. The summed E-state index contributed by atoms with van der Waals surface area (Å²) in [4.78, 5) is 14.3. The van der Waals surface area contributed by atoms with Gasteiger partial charge in [0.1, 0.15) is 22.8 Å². The maximum Gasteiger partial charge on any atom is 0.257 e. The Morgan fingerprint density at radius 1 is 1.24 bits per heavy atom. The van der Waals surface area contributed by atoms with E-state index in [-0.39, 0.29) is 17.2 Å². The van der Waals surface area contributed by atoms with E-state index in [1.165, 1.54) is 13.2 Å². The first-order chi connectivity index (χ1) is 12.0. The minimum atomic E-state index is -0.274. The highest BCUT2D eigenvalue weighted by molar-refractivity contribution is 5.97. The number of phenols is 1. The number of amides is 1. The van der Waals surface area contributed by atoms with E-state index in [9.17, 15) is 9.90 Å². The van der Waals surface area contributed by atoms with Crippen LogP contribution in [0.25, 0.3) is 11.0 Å². The van der Waals surface area contributed by atoms with Gasteiger partial charge in [0.05, 0.1) is 12.7 Å². The number of aryl methyl sites for hydroxylation is 1. The maximum atomic E-state index is 12.8. The van der Waals surface area contributed by atoms with Crippen LogP contribution in [0, 0.1) is 0 Å². The maximum absolute atomic E-state index is 12.8. The molecular weight excluding hydrogens is 318 g/mol. The Morgan fingerprint density at radius 2 is 2.00 bits per heavy atom. The number of fused-ring (bicyclic) bond motifs is 1. The molecule has 0 aliphatic heterocycles. The Labute approximate surface area is 146 Å². The van der Waals surface area contributed by atoms with Crippen LogP contribution in [0.2, 0.25) is 0 Å². The highest BCUT2D eigenvalue weighted by atomic mass is 16.5. The predicted octanol–water partition coefficient (Wildman–Crippen LogP) is 3.98. The standard InChI is InChI=1S/C20H21NO4/c1-4-18-16(14-7-5-6-8-19(14)25-18)12-21(2)20(23)15-11-13(24-3)9-10-17(15)22/h5-11,22H,4,12H2,1-3H3. The second kappa shape index (κ2) is 6.89. The van der Waals surface area contributed by atoms with Gasteiger partial charge in [0.25, 0.3) is 5.91 Å². The van der Waals surface area contributed by atoms with Gasteiger partial charge in [-0.25, -0.2) is 0 Å². The van der Waals surface area contributed by atoms with Gasteiger partial charge in [-0.1, -0.05) is 25.1 Å². The Bertz CT molecular complexity index is 913. The van der Waals surface area contributed by atoms with Crippen molar-refractivity contribution in [2.24, 2.45) is 0 Å². The van der Waals surface area contributed by atoms with Gasteiger partial charge in [-0.2, -0.15) is 0 Å². The molecule has 0 atom stereocenters. The normalized spacial score (nSPS) is 10.8. The number of benzene rings is 2. The Balaban J connectivity index is 1.92. The van der Waals surface area contributed by atoms with Crippen LogP contribution in [0.5, 0.6) is 11.5 Å². The molecule has 0 bridgehead atoms. The second-order valence-corrected chi connectivity index (χ2v) is 5.90. The summed E-state index contributed by atoms with van der Waals surface area (Å²) in [5.41, 5.74) is 2.03. The minimum absolute atomic E-state index is 0.0644. The lowest BCUT2D eigenvalue weighted by molar-refractivity contribution is 0.0781. The van der Waals surface area contributed by atoms with Gasteiger partial charge in [-0.05, 0) is 24.3 Å². The van der Waals surface area contributed by atoms with Crippen molar-refractivity contribution in [2.45, 2.75) is 19.9 Å². The van der Waals surface area contributed by atoms with Crippen molar-refractivity contribution in [3.8, 4) is 11.5 Å². The molecule has 0 aliphatic rings. The monoisotopic (exact) mass is 339 g/mol. The number of aromatic hydroxyl groups is 1. The molecule has 0 unspecified atom stereocenters. The van der Waals surface area contributed by atoms with Crippen molar-refractivity contribution >= 4 is 16.9 Å². The molecule has 0 radical (unpaired) electrons. The number of furan rings is 1. The summed E-state index contributed by atoms with van der Waals surface area (Å²) < 4.78 is 11.0. The number of para-hydroxylation sites is 1. The number of carbonyl (C=O) groups excluding carboxylic acids is 1. The van der Waals surface area contributed by atoms with E-state index in [4.69, 9.17) is 9.15 Å². The molecule has 3 rings (SSSR count). The molecule has 1 amide bonds. The van der Waals surface area contributed by atoms with Crippen molar-refractivity contribution in [2.75, 3.05) is 14.2 Å². The predicted molar refractivity (Wildman–Crippen MR) is 96.0 cm³/mol. The molecule has 1 heterocycles. The summed E-state index contributed by atoms with van der Waals surface area (Å²) in [6.45, 7) is 2.42. The molecule has 25 heavy (non-hydrogen) atoms. The molecule has 0 saturated carbocycles. The van der Waals surface area contributed by atoms with E-state index in [1.54, 1.807) is 24.1 Å². The second-order valence-electron chi connectivity index (χ2n) is 5.90. The smallest absolute Gasteiger partial charge is 0.257 e. The van der Waals surface area contributed by atoms with E-state index >= 15 is 0 Å². The van der Waals surface area contributed by atoms with Gasteiger partial charge < -0.3 is 19.2 Å². The van der Waals surface area contributed by atoms with Crippen LogP contribution in [-0.2, 0) is 13.0 Å². The van der Waals surface area contributed by atoms with Crippen molar-refractivity contribution in [3.63, 3.8) is 0 Å². The van der Waals surface area contributed by atoms with Gasteiger partial charge in [-0.15, -0.1) is 0 Å². The summed E-state index contributed by atoms with van der Waals surface area (Å²) >= 11 is 0. The highest BCUT2D eigenvalue weighted by Gasteiger charge is 2.20. The van der Waals surface area contributed by atoms with E-state index in [2.05, 4.69) is 0 Å². The molecule has 130 valence electrons. The van der Waals surface area contributed by atoms with E-state index in [1.807, 2.05) is 31.2 Å². The summed E-state index contributed by atoms with van der Waals surface area (Å²) in [5, 5.41) is 11.0. The first kappa shape index (κ1) is 16.9. The molecule has 0 spiro atoms. The van der Waals surface area contributed by atoms with Gasteiger partial charge >= 0.3 is 0 Å². The van der Waals surface area contributed by atoms with Crippen LogP contribution in [0.15, 0.2) is 46.9 Å². The lowest BCUT2D eigenvalue weighted by atomic mass is 10.1. The highest BCUT2D eigenvalue weighted by Crippen LogP contribution is 2.29. The zero-order valence-electron chi connectivity index (χ0n) is 14.6. The lowest BCUT2D eigenvalue weighted by Crippen LogP contribution is -2.26. The van der Waals surface area contributed by atoms with E-state index in [0.717, 1.165) is 28.7 Å². The number of ether oxygens (including phenoxy) is 1. The number of phenolic OH excluding ortho intramolecular Hbond substituents is 1. The molecule has 3 aromatic rings. The van der Waals surface area contributed by atoms with Crippen molar-refractivity contribution in [1.29, 1.82) is 0 Å². The third-order valence-electron chi connectivity index (χ3n) is 4.28. The molecule has 0 saturated heterocycles. The average Bonchev–Trinajstić information content (AvgIpc) is 2.99. The number of methoxy groups -OCH3 is 1. The topological polar surface area (TPSA) is 62.9 Å². The fourth-order valence-electron chi connectivity index (χ4n) is 2.94. The van der Waals surface area contributed by atoms with Crippen LogP contribution in [0.4, 0.5) is 0 Å². The number of rotatable bonds is 5. The van der Waals surface area contributed by atoms with E-state index in [0.29, 0.717) is 12.3 Å². The van der Waals surface area contributed by atoms with Crippen LogP contribution in [0.3, 0.4) is 0 Å². The van der Waals surface area contributed by atoms with Crippen molar-refractivity contribution < 1.29 is 19.1 Å². The first-order valence-corrected chi connectivity index (χ1v) is 8.16. The van der Waals surface area contributed by atoms with Gasteiger partial charge in [0.2, 0.25) is 0 Å². The van der Waals surface area contributed by atoms with Gasteiger partial charge in [0.15, 0.2) is 0 Å². The number of nitrogens with zero attached hydrogens (tertiary/aromatic N) is 1. The molecule has 1 N–H and O–H groups in total. The SMILES string of the molecule is CCc1oc2ccccc2c1CN(C)C(=O)c1cc(OC)ccc1O. The van der Waals surface area contributed by atoms with Crippen LogP contribution >= 0.6 is 0 Å². The minimum Gasteiger partial charge on any atom is -0.507 e. The Morgan fingerprint density at radius 3 is 2.72 bits per heavy atom. The molecule has 2 aromatic carbocycles. The molecule has 0 aliphatic carbocycles. The van der Waals surface area contributed by atoms with Crippen LogP contribution in [-0.4, -0.2) is 30.1 Å². The number of hydrogen-bond donors (Lipinski definition) is 1. The third kappa shape index (κ3) is 3.18. The number of carbonyl (C=O) groups is 1. The Kier molecular flexibility index (Phi) is 4.65. The Hall–Kier alpha value is -2.95. The van der Waals surface area contributed by atoms with Crippen molar-refractivity contribution in [3.05, 3.63) is 59.4 Å². The molecule has 0 fully saturated rings. The fourth-order valence-corrected chi connectivity index (χ4v) is 2.94. The molecular formula is C20H21NO4. The van der Waals surface area contributed by atoms with Crippen LogP contribution < -0.4 is 4.74 Å².